The smallest absolute Gasteiger partial charge is 0.240 e. The number of aryl methyl sites for hydroxylation is 1. The Labute approximate surface area is 149 Å². The SMILES string of the molecule is Cc1nc(-c2cc(C(F)(F)F)nn2-c2ccc(S(C)(=O)=O)c(F)c2)cs1. The molecule has 138 valence electrons. The standard InChI is InChI=1S/C15H11F4N3O2S2/c1-8-20-11(7-25-8)12-6-14(15(17,18)19)21-22(12)9-3-4-13(10(16)5-9)26(2,23)24/h3-7H,1-2H3. The molecule has 0 radical (unpaired) electrons. The van der Waals surface area contributed by atoms with Gasteiger partial charge in [0.1, 0.15) is 10.7 Å². The van der Waals surface area contributed by atoms with Crippen molar-refractivity contribution in [3.8, 4) is 17.1 Å². The molecule has 0 saturated heterocycles. The zero-order valence-corrected chi connectivity index (χ0v) is 15.0. The van der Waals surface area contributed by atoms with Crippen LogP contribution in [0.2, 0.25) is 0 Å². The van der Waals surface area contributed by atoms with Gasteiger partial charge in [0.25, 0.3) is 0 Å². The van der Waals surface area contributed by atoms with Gasteiger partial charge in [-0.15, -0.1) is 11.3 Å². The van der Waals surface area contributed by atoms with Crippen LogP contribution in [-0.4, -0.2) is 29.4 Å². The lowest BCUT2D eigenvalue weighted by molar-refractivity contribution is -0.141. The third-order valence-electron chi connectivity index (χ3n) is 3.44. The average Bonchev–Trinajstić information content (AvgIpc) is 3.11. The highest BCUT2D eigenvalue weighted by molar-refractivity contribution is 7.90. The van der Waals surface area contributed by atoms with Crippen molar-refractivity contribution in [3.05, 3.63) is 46.2 Å². The van der Waals surface area contributed by atoms with Crippen molar-refractivity contribution in [2.75, 3.05) is 6.26 Å². The molecule has 11 heteroatoms. The third-order valence-corrected chi connectivity index (χ3v) is 5.34. The van der Waals surface area contributed by atoms with E-state index in [1.165, 1.54) is 17.4 Å². The fraction of sp³-hybridized carbons (Fsp3) is 0.200. The van der Waals surface area contributed by atoms with Crippen LogP contribution in [0, 0.1) is 12.7 Å². The van der Waals surface area contributed by atoms with Crippen molar-refractivity contribution in [3.63, 3.8) is 0 Å². The minimum absolute atomic E-state index is 0.0215. The first kappa shape index (κ1) is 18.5. The van der Waals surface area contributed by atoms with Gasteiger partial charge in [-0.05, 0) is 25.1 Å². The third kappa shape index (κ3) is 3.49. The maximum atomic E-state index is 14.2. The molecule has 0 aliphatic rings. The van der Waals surface area contributed by atoms with Crippen LogP contribution in [0.3, 0.4) is 0 Å². The molecule has 0 amide bonds. The Morgan fingerprint density at radius 1 is 1.19 bits per heavy atom. The zero-order valence-electron chi connectivity index (χ0n) is 13.4. The number of benzene rings is 1. The Balaban J connectivity index is 2.21. The average molecular weight is 405 g/mol. The van der Waals surface area contributed by atoms with Crippen molar-refractivity contribution >= 4 is 21.2 Å². The molecule has 0 aliphatic carbocycles. The van der Waals surface area contributed by atoms with Crippen LogP contribution in [0.1, 0.15) is 10.7 Å². The van der Waals surface area contributed by atoms with Crippen molar-refractivity contribution in [2.45, 2.75) is 18.0 Å². The maximum absolute atomic E-state index is 14.2. The summed E-state index contributed by atoms with van der Waals surface area (Å²) in [6.45, 7) is 1.69. The molecule has 0 aliphatic heterocycles. The minimum Gasteiger partial charge on any atom is -0.240 e. The number of rotatable bonds is 3. The number of thiazole rings is 1. The summed E-state index contributed by atoms with van der Waals surface area (Å²) >= 11 is 1.24. The predicted molar refractivity (Wildman–Crippen MR) is 87.5 cm³/mol. The van der Waals surface area contributed by atoms with Crippen molar-refractivity contribution in [1.29, 1.82) is 0 Å². The first-order valence-corrected chi connectivity index (χ1v) is 9.83. The van der Waals surface area contributed by atoms with Gasteiger partial charge in [0.2, 0.25) is 0 Å². The minimum atomic E-state index is -4.70. The summed E-state index contributed by atoms with van der Waals surface area (Å²) in [6, 6.07) is 3.82. The van der Waals surface area contributed by atoms with Gasteiger partial charge in [-0.2, -0.15) is 18.3 Å². The number of aromatic nitrogens is 3. The number of alkyl halides is 3. The molecule has 26 heavy (non-hydrogen) atoms. The Morgan fingerprint density at radius 3 is 2.38 bits per heavy atom. The molecule has 0 saturated carbocycles. The number of halogens is 4. The van der Waals surface area contributed by atoms with Gasteiger partial charge in [-0.1, -0.05) is 0 Å². The molecule has 0 atom stereocenters. The topological polar surface area (TPSA) is 64.8 Å². The molecule has 3 rings (SSSR count). The first-order chi connectivity index (χ1) is 12.0. The molecule has 0 N–H and O–H groups in total. The molecule has 5 nitrogen and oxygen atoms in total. The van der Waals surface area contributed by atoms with E-state index >= 15 is 0 Å². The molecule has 0 bridgehead atoms. The van der Waals surface area contributed by atoms with E-state index in [0.717, 1.165) is 29.1 Å². The van der Waals surface area contributed by atoms with Gasteiger partial charge < -0.3 is 0 Å². The highest BCUT2D eigenvalue weighted by Crippen LogP contribution is 2.34. The number of nitrogens with zero attached hydrogens (tertiary/aromatic N) is 3. The fourth-order valence-electron chi connectivity index (χ4n) is 2.30. The van der Waals surface area contributed by atoms with Gasteiger partial charge in [-0.25, -0.2) is 22.5 Å². The van der Waals surface area contributed by atoms with Gasteiger partial charge in [0, 0.05) is 17.7 Å². The molecule has 2 aromatic heterocycles. The van der Waals surface area contributed by atoms with E-state index in [0.29, 0.717) is 5.01 Å². The summed E-state index contributed by atoms with van der Waals surface area (Å²) in [5.74, 6) is -1.07. The Bertz CT molecular complexity index is 1080. The highest BCUT2D eigenvalue weighted by Gasteiger charge is 2.35. The van der Waals surface area contributed by atoms with Crippen LogP contribution in [0.15, 0.2) is 34.5 Å². The Kier molecular flexibility index (Phi) is 4.39. The highest BCUT2D eigenvalue weighted by atomic mass is 32.2. The van der Waals surface area contributed by atoms with E-state index in [1.54, 1.807) is 12.3 Å². The van der Waals surface area contributed by atoms with Crippen molar-refractivity contribution in [2.24, 2.45) is 0 Å². The number of hydrogen-bond acceptors (Lipinski definition) is 5. The van der Waals surface area contributed by atoms with Crippen LogP contribution in [0.5, 0.6) is 0 Å². The van der Waals surface area contributed by atoms with Crippen molar-refractivity contribution in [1.82, 2.24) is 14.8 Å². The predicted octanol–water partition coefficient (Wildman–Crippen LogP) is 3.87. The Hall–Kier alpha value is -2.27. The van der Waals surface area contributed by atoms with Crippen LogP contribution < -0.4 is 0 Å². The van der Waals surface area contributed by atoms with Gasteiger partial charge in [-0.3, -0.25) is 0 Å². The molecule has 0 spiro atoms. The molecule has 0 fully saturated rings. The first-order valence-electron chi connectivity index (χ1n) is 7.06. The van der Waals surface area contributed by atoms with Crippen LogP contribution in [0.25, 0.3) is 17.1 Å². The van der Waals surface area contributed by atoms with Crippen molar-refractivity contribution < 1.29 is 26.0 Å². The van der Waals surface area contributed by atoms with E-state index in [2.05, 4.69) is 10.1 Å². The second-order valence-electron chi connectivity index (χ2n) is 5.46. The largest absolute Gasteiger partial charge is 0.435 e. The van der Waals surface area contributed by atoms with Gasteiger partial charge in [0.15, 0.2) is 15.5 Å². The second kappa shape index (κ2) is 6.16. The summed E-state index contributed by atoms with van der Waals surface area (Å²) in [5.41, 5.74) is -0.937. The quantitative estimate of drug-likeness (QED) is 0.621. The number of sulfone groups is 1. The van der Waals surface area contributed by atoms with Crippen LogP contribution in [0.4, 0.5) is 17.6 Å². The molecular weight excluding hydrogens is 394 g/mol. The monoisotopic (exact) mass is 405 g/mol. The van der Waals surface area contributed by atoms with Crippen LogP contribution >= 0.6 is 11.3 Å². The van der Waals surface area contributed by atoms with E-state index in [9.17, 15) is 26.0 Å². The second-order valence-corrected chi connectivity index (χ2v) is 8.51. The lowest BCUT2D eigenvalue weighted by Crippen LogP contribution is -2.08. The lowest BCUT2D eigenvalue weighted by atomic mass is 10.2. The molecule has 2 heterocycles. The Morgan fingerprint density at radius 2 is 1.88 bits per heavy atom. The fourth-order valence-corrected chi connectivity index (χ4v) is 3.64. The zero-order chi connectivity index (χ0) is 19.3. The molecule has 1 aromatic carbocycles. The lowest BCUT2D eigenvalue weighted by Gasteiger charge is -2.08. The summed E-state index contributed by atoms with van der Waals surface area (Å²) in [7, 11) is -3.80. The van der Waals surface area contributed by atoms with Gasteiger partial charge >= 0.3 is 6.18 Å². The summed E-state index contributed by atoms with van der Waals surface area (Å²) in [5, 5.41) is 5.71. The molecular formula is C15H11F4N3O2S2. The van der Waals surface area contributed by atoms with E-state index < -0.39 is 32.4 Å². The molecule has 3 aromatic rings. The number of hydrogen-bond donors (Lipinski definition) is 0. The van der Waals surface area contributed by atoms with E-state index in [-0.39, 0.29) is 17.1 Å². The van der Waals surface area contributed by atoms with E-state index in [1.807, 2.05) is 0 Å². The van der Waals surface area contributed by atoms with Crippen LogP contribution in [-0.2, 0) is 16.0 Å². The summed E-state index contributed by atoms with van der Waals surface area (Å²) < 4.78 is 77.3. The summed E-state index contributed by atoms with van der Waals surface area (Å²) in [6.07, 6.45) is -3.86. The van der Waals surface area contributed by atoms with E-state index in [4.69, 9.17) is 0 Å². The summed E-state index contributed by atoms with van der Waals surface area (Å²) in [4.78, 5) is 3.60. The van der Waals surface area contributed by atoms with Gasteiger partial charge in [0.05, 0.1) is 22.1 Å². The normalized spacial score (nSPS) is 12.5. The maximum Gasteiger partial charge on any atom is 0.435 e. The molecule has 0 unspecified atom stereocenters.